The van der Waals surface area contributed by atoms with E-state index in [0.29, 0.717) is 39.6 Å². The SMILES string of the molecule is CC(C)(C)c1ccc2c(c1)c1cc(C(C)(C)C)ccc1n2-c1c(-c2cccc(C(F)(F)F)c2)cc(-c2cc(-c3ccccc3)nc(-c3ccccc3)n2)cc1-c1cccc(C(F)(F)F)c1. The van der Waals surface area contributed by atoms with Crippen molar-refractivity contribution in [3.8, 4) is 61.8 Å². The molecule has 0 saturated heterocycles. The molecule has 9 rings (SSSR count). The Morgan fingerprint density at radius 3 is 1.22 bits per heavy atom. The van der Waals surface area contributed by atoms with Gasteiger partial charge in [-0.3, -0.25) is 0 Å². The van der Waals surface area contributed by atoms with Crippen LogP contribution in [0.1, 0.15) is 63.8 Å². The van der Waals surface area contributed by atoms with E-state index in [1.165, 1.54) is 12.1 Å². The molecule has 3 nitrogen and oxygen atoms in total. The van der Waals surface area contributed by atoms with E-state index in [0.717, 1.165) is 68.3 Å². The number of benzene rings is 7. The third-order valence-corrected chi connectivity index (χ3v) is 12.0. The lowest BCUT2D eigenvalue weighted by Crippen LogP contribution is -2.10. The van der Waals surface area contributed by atoms with E-state index in [4.69, 9.17) is 9.97 Å². The number of alkyl halides is 6. The van der Waals surface area contributed by atoms with Crippen molar-refractivity contribution in [1.29, 1.82) is 0 Å². The van der Waals surface area contributed by atoms with Crippen molar-refractivity contribution < 1.29 is 26.3 Å². The zero-order valence-electron chi connectivity index (χ0n) is 36.7. The minimum absolute atomic E-state index is 0.221. The van der Waals surface area contributed by atoms with Crippen LogP contribution in [0, 0.1) is 0 Å². The van der Waals surface area contributed by atoms with Gasteiger partial charge >= 0.3 is 12.4 Å². The molecule has 0 saturated carbocycles. The van der Waals surface area contributed by atoms with E-state index in [1.54, 1.807) is 24.3 Å². The van der Waals surface area contributed by atoms with Gasteiger partial charge in [0.15, 0.2) is 5.82 Å². The Kier molecular flexibility index (Phi) is 10.6. The summed E-state index contributed by atoms with van der Waals surface area (Å²) in [7, 11) is 0. The van der Waals surface area contributed by atoms with Crippen LogP contribution >= 0.6 is 0 Å². The van der Waals surface area contributed by atoms with Crippen molar-refractivity contribution in [1.82, 2.24) is 14.5 Å². The molecule has 65 heavy (non-hydrogen) atoms. The Balaban J connectivity index is 1.47. The molecule has 0 N–H and O–H groups in total. The Hall–Kier alpha value is -7.00. The normalized spacial score (nSPS) is 12.6. The molecule has 0 amide bonds. The second kappa shape index (κ2) is 15.9. The molecule has 0 aliphatic rings. The topological polar surface area (TPSA) is 30.7 Å². The molecule has 9 heteroatoms. The molecule has 7 aromatic carbocycles. The first-order chi connectivity index (χ1) is 30.7. The highest BCUT2D eigenvalue weighted by molar-refractivity contribution is 6.11. The average Bonchev–Trinajstić information content (AvgIpc) is 3.61. The molecule has 326 valence electrons. The summed E-state index contributed by atoms with van der Waals surface area (Å²) in [6.07, 6.45) is -9.36. The molecule has 0 aliphatic heterocycles. The molecule has 0 bridgehead atoms. The summed E-state index contributed by atoms with van der Waals surface area (Å²) in [6, 6.07) is 47.0. The highest BCUT2D eigenvalue weighted by atomic mass is 19.4. The maximum Gasteiger partial charge on any atom is 0.416 e. The minimum Gasteiger partial charge on any atom is -0.308 e. The molecule has 0 unspecified atom stereocenters. The van der Waals surface area contributed by atoms with E-state index in [2.05, 4.69) is 53.7 Å². The highest BCUT2D eigenvalue weighted by Crippen LogP contribution is 2.47. The van der Waals surface area contributed by atoms with Crippen LogP contribution in [0.15, 0.2) is 164 Å². The molecule has 2 aromatic heterocycles. The number of aromatic nitrogens is 3. The fourth-order valence-corrected chi connectivity index (χ4v) is 8.45. The van der Waals surface area contributed by atoms with Crippen molar-refractivity contribution in [2.45, 2.75) is 64.7 Å². The average molecular weight is 874 g/mol. The Labute approximate surface area is 374 Å². The number of halogens is 6. The largest absolute Gasteiger partial charge is 0.416 e. The third kappa shape index (κ3) is 8.43. The van der Waals surface area contributed by atoms with E-state index in [-0.39, 0.29) is 22.0 Å². The van der Waals surface area contributed by atoms with Gasteiger partial charge in [0, 0.05) is 38.6 Å². The fourth-order valence-electron chi connectivity index (χ4n) is 8.45. The lowest BCUT2D eigenvalue weighted by molar-refractivity contribution is -0.138. The van der Waals surface area contributed by atoms with E-state index < -0.39 is 23.5 Å². The van der Waals surface area contributed by atoms with Crippen LogP contribution in [0.4, 0.5) is 26.3 Å². The number of hydrogen-bond donors (Lipinski definition) is 0. The number of fused-ring (bicyclic) bond motifs is 3. The molecular weight excluding hydrogens is 829 g/mol. The number of nitrogens with zero attached hydrogens (tertiary/aromatic N) is 3. The van der Waals surface area contributed by atoms with Gasteiger partial charge in [0.2, 0.25) is 0 Å². The molecule has 9 aromatic rings. The first kappa shape index (κ1) is 43.3. The lowest BCUT2D eigenvalue weighted by Gasteiger charge is -2.23. The van der Waals surface area contributed by atoms with Gasteiger partial charge in [-0.25, -0.2) is 9.97 Å². The van der Waals surface area contributed by atoms with Crippen molar-refractivity contribution >= 4 is 21.8 Å². The summed E-state index contributed by atoms with van der Waals surface area (Å²) in [6.45, 7) is 12.8. The van der Waals surface area contributed by atoms with Gasteiger partial charge in [0.05, 0.1) is 39.2 Å². The van der Waals surface area contributed by atoms with Crippen molar-refractivity contribution in [2.24, 2.45) is 0 Å². The quantitative estimate of drug-likeness (QED) is 0.156. The summed E-state index contributed by atoms with van der Waals surface area (Å²) in [5, 5.41) is 1.81. The van der Waals surface area contributed by atoms with Crippen LogP contribution in [-0.2, 0) is 23.2 Å². The molecule has 0 fully saturated rings. The van der Waals surface area contributed by atoms with Gasteiger partial charge < -0.3 is 4.57 Å². The van der Waals surface area contributed by atoms with Gasteiger partial charge in [-0.1, -0.05) is 139 Å². The van der Waals surface area contributed by atoms with Crippen LogP contribution in [0.5, 0.6) is 0 Å². The zero-order chi connectivity index (χ0) is 46.1. The Bertz CT molecular complexity index is 3030. The Morgan fingerprint density at radius 2 is 0.785 bits per heavy atom. The van der Waals surface area contributed by atoms with Crippen molar-refractivity contribution in [3.63, 3.8) is 0 Å². The lowest BCUT2D eigenvalue weighted by atomic mass is 9.85. The summed E-state index contributed by atoms with van der Waals surface area (Å²) < 4.78 is 90.0. The van der Waals surface area contributed by atoms with Crippen LogP contribution in [0.25, 0.3) is 83.6 Å². The smallest absolute Gasteiger partial charge is 0.308 e. The summed E-state index contributed by atoms with van der Waals surface area (Å²) >= 11 is 0. The van der Waals surface area contributed by atoms with E-state index in [9.17, 15) is 26.3 Å². The first-order valence-electron chi connectivity index (χ1n) is 21.4. The number of hydrogen-bond acceptors (Lipinski definition) is 2. The molecular formula is C56H45F6N3. The molecule has 0 aliphatic carbocycles. The van der Waals surface area contributed by atoms with Gasteiger partial charge in [-0.15, -0.1) is 0 Å². The van der Waals surface area contributed by atoms with Crippen LogP contribution in [0.3, 0.4) is 0 Å². The second-order valence-corrected chi connectivity index (χ2v) is 18.6. The van der Waals surface area contributed by atoms with Gasteiger partial charge in [0.1, 0.15) is 0 Å². The van der Waals surface area contributed by atoms with E-state index >= 15 is 0 Å². The number of rotatable bonds is 6. The van der Waals surface area contributed by atoms with Gasteiger partial charge in [-0.2, -0.15) is 26.3 Å². The van der Waals surface area contributed by atoms with Crippen LogP contribution in [0.2, 0.25) is 0 Å². The summed E-state index contributed by atoms with van der Waals surface area (Å²) in [5.41, 5.74) is 6.05. The van der Waals surface area contributed by atoms with Gasteiger partial charge in [-0.05, 0) is 99.8 Å². The van der Waals surface area contributed by atoms with Crippen molar-refractivity contribution in [3.05, 3.63) is 186 Å². The van der Waals surface area contributed by atoms with Crippen LogP contribution < -0.4 is 0 Å². The molecule has 0 spiro atoms. The predicted octanol–water partition coefficient (Wildman–Crippen LogP) is 16.5. The zero-order valence-corrected chi connectivity index (χ0v) is 36.7. The van der Waals surface area contributed by atoms with Gasteiger partial charge in [0.25, 0.3) is 0 Å². The van der Waals surface area contributed by atoms with E-state index in [1.807, 2.05) is 95.6 Å². The summed E-state index contributed by atoms with van der Waals surface area (Å²) in [4.78, 5) is 10.0. The fraction of sp³-hybridized carbons (Fsp3) is 0.179. The highest BCUT2D eigenvalue weighted by Gasteiger charge is 2.33. The van der Waals surface area contributed by atoms with Crippen molar-refractivity contribution in [2.75, 3.05) is 0 Å². The third-order valence-electron chi connectivity index (χ3n) is 12.0. The second-order valence-electron chi connectivity index (χ2n) is 18.6. The Morgan fingerprint density at radius 1 is 0.369 bits per heavy atom. The molecule has 0 radical (unpaired) electrons. The maximum absolute atomic E-state index is 14.7. The predicted molar refractivity (Wildman–Crippen MR) is 251 cm³/mol. The molecule has 2 heterocycles. The monoisotopic (exact) mass is 873 g/mol. The van der Waals surface area contributed by atoms with Crippen LogP contribution in [-0.4, -0.2) is 14.5 Å². The minimum atomic E-state index is -4.68. The maximum atomic E-state index is 14.7. The molecule has 0 atom stereocenters. The standard InChI is InChI=1S/C56H45F6N3/c1-53(2,3)39-23-25-49-45(31-39)46-32-40(54(4,5)6)24-26-50(46)65(49)51-43(36-19-13-21-41(27-36)55(57,58)59)29-38(30-44(51)37-20-14-22-42(28-37)56(60,61)62)48-33-47(34-15-9-7-10-16-34)63-52(64-48)35-17-11-8-12-18-35/h7-33H,1-6H3. The first-order valence-corrected chi connectivity index (χ1v) is 21.4. The summed E-state index contributed by atoms with van der Waals surface area (Å²) in [5.74, 6) is 0.402.